The first-order chi connectivity index (χ1) is 8.86. The lowest BCUT2D eigenvalue weighted by Crippen LogP contribution is -2.35. The first-order valence-electron chi connectivity index (χ1n) is 6.48. The molecule has 1 amide bonds. The van der Waals surface area contributed by atoms with Gasteiger partial charge in [-0.25, -0.2) is 0 Å². The van der Waals surface area contributed by atoms with Crippen molar-refractivity contribution in [3.05, 3.63) is 35.4 Å². The number of ether oxygens (including phenoxy) is 1. The number of carbonyl (C=O) groups excluding carboxylic acids is 1. The number of nitrogens with one attached hydrogen (secondary N) is 1. The van der Waals surface area contributed by atoms with E-state index in [1.54, 1.807) is 7.11 Å². The predicted molar refractivity (Wildman–Crippen MR) is 77.0 cm³/mol. The Morgan fingerprint density at radius 3 is 2.32 bits per heavy atom. The Kier molecular flexibility index (Phi) is 5.51. The lowest BCUT2D eigenvalue weighted by atomic mass is 9.86. The quantitative estimate of drug-likeness (QED) is 0.769. The molecule has 4 nitrogen and oxygen atoms in total. The summed E-state index contributed by atoms with van der Waals surface area (Å²) in [6.07, 6.45) is 0. The Balaban J connectivity index is 2.83. The van der Waals surface area contributed by atoms with Crippen LogP contribution in [0, 0.1) is 0 Å². The van der Waals surface area contributed by atoms with Gasteiger partial charge in [-0.3, -0.25) is 10.1 Å². The molecule has 0 bridgehead atoms. The Bertz CT molecular complexity index is 407. The molecule has 106 valence electrons. The molecule has 1 atom stereocenters. The highest BCUT2D eigenvalue weighted by atomic mass is 16.5. The summed E-state index contributed by atoms with van der Waals surface area (Å²) in [5.41, 5.74) is 7.65. The fourth-order valence-electron chi connectivity index (χ4n) is 1.86. The van der Waals surface area contributed by atoms with Crippen molar-refractivity contribution in [1.82, 2.24) is 5.32 Å². The Morgan fingerprint density at radius 1 is 1.32 bits per heavy atom. The zero-order valence-electron chi connectivity index (χ0n) is 12.2. The Hall–Kier alpha value is -1.39. The molecule has 1 unspecified atom stereocenters. The van der Waals surface area contributed by atoms with E-state index in [4.69, 9.17) is 10.5 Å². The molecule has 3 N–H and O–H groups in total. The molecular formula is C15H24N2O2. The highest BCUT2D eigenvalue weighted by molar-refractivity contribution is 5.81. The molecule has 1 aromatic carbocycles. The van der Waals surface area contributed by atoms with Crippen molar-refractivity contribution in [2.24, 2.45) is 5.73 Å². The number of rotatable bonds is 6. The summed E-state index contributed by atoms with van der Waals surface area (Å²) in [6.45, 7) is 7.61. The van der Waals surface area contributed by atoms with Gasteiger partial charge in [-0.15, -0.1) is 0 Å². The van der Waals surface area contributed by atoms with Gasteiger partial charge in [-0.2, -0.15) is 0 Å². The van der Waals surface area contributed by atoms with Crippen LogP contribution in [0.4, 0.5) is 0 Å². The smallest absolute Gasteiger partial charge is 0.239 e. The lowest BCUT2D eigenvalue weighted by molar-refractivity contribution is -0.120. The molecule has 0 aliphatic heterocycles. The summed E-state index contributed by atoms with van der Waals surface area (Å²) in [5, 5.41) is 3.10. The van der Waals surface area contributed by atoms with Crippen LogP contribution in [-0.4, -0.2) is 26.2 Å². The fourth-order valence-corrected chi connectivity index (χ4v) is 1.86. The van der Waals surface area contributed by atoms with Crippen LogP contribution in [0.3, 0.4) is 0 Å². The molecule has 0 saturated carbocycles. The van der Waals surface area contributed by atoms with Crippen LogP contribution in [-0.2, 0) is 14.9 Å². The first-order valence-corrected chi connectivity index (χ1v) is 6.48. The van der Waals surface area contributed by atoms with Gasteiger partial charge in [0.1, 0.15) is 6.04 Å². The van der Waals surface area contributed by atoms with Gasteiger partial charge in [0.2, 0.25) is 5.91 Å². The second-order valence-electron chi connectivity index (χ2n) is 5.65. The van der Waals surface area contributed by atoms with E-state index in [0.29, 0.717) is 13.2 Å². The molecule has 0 aromatic heterocycles. The van der Waals surface area contributed by atoms with Gasteiger partial charge in [0, 0.05) is 13.7 Å². The van der Waals surface area contributed by atoms with Crippen LogP contribution < -0.4 is 11.1 Å². The molecule has 0 saturated heterocycles. The van der Waals surface area contributed by atoms with Crippen LogP contribution >= 0.6 is 0 Å². The molecule has 1 aromatic rings. The first kappa shape index (κ1) is 15.7. The van der Waals surface area contributed by atoms with E-state index in [-0.39, 0.29) is 11.3 Å². The van der Waals surface area contributed by atoms with Crippen molar-refractivity contribution in [3.63, 3.8) is 0 Å². The zero-order valence-corrected chi connectivity index (χ0v) is 12.2. The molecular weight excluding hydrogens is 240 g/mol. The summed E-state index contributed by atoms with van der Waals surface area (Å²) in [5.74, 6) is -0.375. The summed E-state index contributed by atoms with van der Waals surface area (Å²) < 4.78 is 4.96. The monoisotopic (exact) mass is 264 g/mol. The standard InChI is InChI=1S/C15H24N2O2/c1-15(2,3)12-7-5-11(6-8-12)13(14(16)18)17-9-10-19-4/h5-8,13,17H,9-10H2,1-4H3,(H2,16,18). The number of primary amides is 1. The number of nitrogens with two attached hydrogens (primary N) is 1. The van der Waals surface area contributed by atoms with Crippen molar-refractivity contribution in [2.45, 2.75) is 32.2 Å². The zero-order chi connectivity index (χ0) is 14.5. The van der Waals surface area contributed by atoms with Gasteiger partial charge in [0.15, 0.2) is 0 Å². The number of hydrogen-bond acceptors (Lipinski definition) is 3. The van der Waals surface area contributed by atoms with Crippen molar-refractivity contribution < 1.29 is 9.53 Å². The van der Waals surface area contributed by atoms with Crippen LogP contribution in [0.25, 0.3) is 0 Å². The van der Waals surface area contributed by atoms with Crippen LogP contribution in [0.2, 0.25) is 0 Å². The van der Waals surface area contributed by atoms with E-state index < -0.39 is 6.04 Å². The van der Waals surface area contributed by atoms with Gasteiger partial charge in [0.25, 0.3) is 0 Å². The fraction of sp³-hybridized carbons (Fsp3) is 0.533. The minimum Gasteiger partial charge on any atom is -0.383 e. The van der Waals surface area contributed by atoms with Crippen LogP contribution in [0.15, 0.2) is 24.3 Å². The van der Waals surface area contributed by atoms with Crippen molar-refractivity contribution in [1.29, 1.82) is 0 Å². The number of methoxy groups -OCH3 is 1. The Labute approximate surface area is 115 Å². The highest BCUT2D eigenvalue weighted by Gasteiger charge is 2.18. The van der Waals surface area contributed by atoms with E-state index in [9.17, 15) is 4.79 Å². The average molecular weight is 264 g/mol. The van der Waals surface area contributed by atoms with Crippen LogP contribution in [0.5, 0.6) is 0 Å². The third-order valence-corrected chi connectivity index (χ3v) is 3.05. The molecule has 1 rings (SSSR count). The van der Waals surface area contributed by atoms with E-state index in [1.165, 1.54) is 5.56 Å². The highest BCUT2D eigenvalue weighted by Crippen LogP contribution is 2.23. The SMILES string of the molecule is COCCNC(C(N)=O)c1ccc(C(C)(C)C)cc1. The average Bonchev–Trinajstić information content (AvgIpc) is 2.33. The van der Waals surface area contributed by atoms with Crippen LogP contribution in [0.1, 0.15) is 37.9 Å². The summed E-state index contributed by atoms with van der Waals surface area (Å²) in [7, 11) is 1.62. The number of amides is 1. The third-order valence-electron chi connectivity index (χ3n) is 3.05. The van der Waals surface area contributed by atoms with E-state index in [1.807, 2.05) is 24.3 Å². The van der Waals surface area contributed by atoms with Gasteiger partial charge in [0.05, 0.1) is 6.61 Å². The Morgan fingerprint density at radius 2 is 1.89 bits per heavy atom. The van der Waals surface area contributed by atoms with Crippen molar-refractivity contribution in [3.8, 4) is 0 Å². The normalized spacial score (nSPS) is 13.3. The van der Waals surface area contributed by atoms with Crippen molar-refractivity contribution >= 4 is 5.91 Å². The molecule has 0 fully saturated rings. The summed E-state index contributed by atoms with van der Waals surface area (Å²) in [6, 6.07) is 7.53. The topological polar surface area (TPSA) is 64.3 Å². The second kappa shape index (κ2) is 6.68. The van der Waals surface area contributed by atoms with Gasteiger partial charge < -0.3 is 10.5 Å². The van der Waals surface area contributed by atoms with Gasteiger partial charge in [-0.1, -0.05) is 45.0 Å². The molecule has 0 heterocycles. The maximum atomic E-state index is 11.5. The van der Waals surface area contributed by atoms with Gasteiger partial charge in [-0.05, 0) is 16.5 Å². The van der Waals surface area contributed by atoms with E-state index in [0.717, 1.165) is 5.56 Å². The van der Waals surface area contributed by atoms with E-state index in [2.05, 4.69) is 26.1 Å². The summed E-state index contributed by atoms with van der Waals surface area (Å²) in [4.78, 5) is 11.5. The van der Waals surface area contributed by atoms with Crippen molar-refractivity contribution in [2.75, 3.05) is 20.3 Å². The van der Waals surface area contributed by atoms with E-state index >= 15 is 0 Å². The molecule has 0 radical (unpaired) electrons. The molecule has 0 spiro atoms. The largest absolute Gasteiger partial charge is 0.383 e. The molecule has 4 heteroatoms. The molecule has 0 aliphatic rings. The minimum absolute atomic E-state index is 0.101. The maximum absolute atomic E-state index is 11.5. The predicted octanol–water partition coefficient (Wildman–Crippen LogP) is 1.75. The maximum Gasteiger partial charge on any atom is 0.239 e. The molecule has 19 heavy (non-hydrogen) atoms. The number of hydrogen-bond donors (Lipinski definition) is 2. The lowest BCUT2D eigenvalue weighted by Gasteiger charge is -2.21. The second-order valence-corrected chi connectivity index (χ2v) is 5.65. The number of carbonyl (C=O) groups is 1. The minimum atomic E-state index is -0.468. The summed E-state index contributed by atoms with van der Waals surface area (Å²) >= 11 is 0. The third kappa shape index (κ3) is 4.65. The molecule has 0 aliphatic carbocycles. The van der Waals surface area contributed by atoms with Gasteiger partial charge >= 0.3 is 0 Å². The number of benzene rings is 1.